The third kappa shape index (κ3) is 4.19. The van der Waals surface area contributed by atoms with Gasteiger partial charge in [0.1, 0.15) is 23.0 Å². The van der Waals surface area contributed by atoms with E-state index in [9.17, 15) is 9.59 Å². The van der Waals surface area contributed by atoms with Crippen molar-refractivity contribution < 1.29 is 4.79 Å². The molecule has 1 saturated heterocycles. The molecule has 1 aliphatic rings. The molecular formula is C18H24N6O2. The van der Waals surface area contributed by atoms with Gasteiger partial charge in [0.25, 0.3) is 11.5 Å². The molecule has 0 saturated carbocycles. The van der Waals surface area contributed by atoms with Gasteiger partial charge >= 0.3 is 0 Å². The Balaban J connectivity index is 1.54. The van der Waals surface area contributed by atoms with Crippen LogP contribution in [0.1, 0.15) is 29.0 Å². The molecule has 2 N–H and O–H groups in total. The molecule has 3 rings (SSSR count). The van der Waals surface area contributed by atoms with E-state index in [4.69, 9.17) is 0 Å². The van der Waals surface area contributed by atoms with Crippen LogP contribution in [0.2, 0.25) is 0 Å². The van der Waals surface area contributed by atoms with E-state index < -0.39 is 0 Å². The average molecular weight is 356 g/mol. The number of amides is 1. The fourth-order valence-corrected chi connectivity index (χ4v) is 2.98. The third-order valence-corrected chi connectivity index (χ3v) is 4.34. The molecule has 1 fully saturated rings. The molecule has 1 aliphatic heterocycles. The van der Waals surface area contributed by atoms with Crippen LogP contribution in [0.3, 0.4) is 0 Å². The maximum atomic E-state index is 12.1. The van der Waals surface area contributed by atoms with E-state index in [0.717, 1.165) is 24.7 Å². The molecule has 0 aromatic carbocycles. The number of aromatic nitrogens is 3. The monoisotopic (exact) mass is 356 g/mol. The lowest BCUT2D eigenvalue weighted by Crippen LogP contribution is -2.34. The molecule has 26 heavy (non-hydrogen) atoms. The number of rotatable bonds is 6. The summed E-state index contributed by atoms with van der Waals surface area (Å²) in [6.45, 7) is 4.82. The summed E-state index contributed by atoms with van der Waals surface area (Å²) in [7, 11) is 1.62. The van der Waals surface area contributed by atoms with Crippen molar-refractivity contribution in [2.75, 3.05) is 36.4 Å². The second kappa shape index (κ2) is 7.99. The molecule has 2 aromatic rings. The zero-order chi connectivity index (χ0) is 18.5. The lowest BCUT2D eigenvalue weighted by molar-refractivity contribution is 0.0953. The van der Waals surface area contributed by atoms with Crippen LogP contribution in [-0.2, 0) is 7.05 Å². The summed E-state index contributed by atoms with van der Waals surface area (Å²) < 4.78 is 1.39. The van der Waals surface area contributed by atoms with Gasteiger partial charge in [0.15, 0.2) is 0 Å². The number of hydrogen-bond donors (Lipinski definition) is 2. The Morgan fingerprint density at radius 1 is 1.23 bits per heavy atom. The Morgan fingerprint density at radius 2 is 2.00 bits per heavy atom. The predicted octanol–water partition coefficient (Wildman–Crippen LogP) is 0.926. The van der Waals surface area contributed by atoms with Gasteiger partial charge in [-0.05, 0) is 31.9 Å². The number of anilines is 2. The zero-order valence-electron chi connectivity index (χ0n) is 15.2. The maximum absolute atomic E-state index is 12.1. The Morgan fingerprint density at radius 3 is 2.77 bits per heavy atom. The summed E-state index contributed by atoms with van der Waals surface area (Å²) in [5, 5.41) is 5.96. The first-order valence-electron chi connectivity index (χ1n) is 8.83. The summed E-state index contributed by atoms with van der Waals surface area (Å²) in [6.07, 6.45) is 4.00. The molecule has 0 spiro atoms. The highest BCUT2D eigenvalue weighted by Gasteiger charge is 2.15. The fourth-order valence-electron chi connectivity index (χ4n) is 2.98. The van der Waals surface area contributed by atoms with Gasteiger partial charge in [-0.15, -0.1) is 0 Å². The molecule has 0 bridgehead atoms. The number of carbonyl (C=O) groups is 1. The lowest BCUT2D eigenvalue weighted by atomic mass is 10.2. The first kappa shape index (κ1) is 17.9. The molecule has 138 valence electrons. The Kier molecular flexibility index (Phi) is 5.50. The first-order valence-corrected chi connectivity index (χ1v) is 8.83. The first-order chi connectivity index (χ1) is 12.5. The Labute approximate surface area is 152 Å². The van der Waals surface area contributed by atoms with Gasteiger partial charge in [0, 0.05) is 45.5 Å². The van der Waals surface area contributed by atoms with Crippen molar-refractivity contribution in [1.82, 2.24) is 19.9 Å². The highest BCUT2D eigenvalue weighted by Crippen LogP contribution is 2.20. The van der Waals surface area contributed by atoms with Gasteiger partial charge < -0.3 is 20.1 Å². The van der Waals surface area contributed by atoms with E-state index in [0.29, 0.717) is 18.9 Å². The largest absolute Gasteiger partial charge is 0.368 e. The van der Waals surface area contributed by atoms with Gasteiger partial charge in [-0.3, -0.25) is 9.59 Å². The number of carbonyl (C=O) groups excluding carboxylic acids is 1. The second-order valence-corrected chi connectivity index (χ2v) is 6.37. The summed E-state index contributed by atoms with van der Waals surface area (Å²) in [5.74, 6) is 2.02. The van der Waals surface area contributed by atoms with Crippen molar-refractivity contribution in [3.05, 3.63) is 46.1 Å². The smallest absolute Gasteiger partial charge is 0.263 e. The molecule has 8 nitrogen and oxygen atoms in total. The second-order valence-electron chi connectivity index (χ2n) is 6.37. The molecule has 0 unspecified atom stereocenters. The molecule has 0 aliphatic carbocycles. The molecule has 0 radical (unpaired) electrons. The van der Waals surface area contributed by atoms with Crippen LogP contribution < -0.4 is 21.1 Å². The minimum absolute atomic E-state index is 0.143. The Bertz CT molecular complexity index is 842. The number of hydrogen-bond acceptors (Lipinski definition) is 6. The topological polar surface area (TPSA) is 92.2 Å². The van der Waals surface area contributed by atoms with Gasteiger partial charge in [0.05, 0.1) is 0 Å². The van der Waals surface area contributed by atoms with E-state index >= 15 is 0 Å². The van der Waals surface area contributed by atoms with Crippen molar-refractivity contribution >= 4 is 17.5 Å². The lowest BCUT2D eigenvalue weighted by Gasteiger charge is -2.17. The van der Waals surface area contributed by atoms with Gasteiger partial charge in [-0.25, -0.2) is 9.97 Å². The highest BCUT2D eigenvalue weighted by atomic mass is 16.2. The quantitative estimate of drug-likeness (QED) is 0.748. The van der Waals surface area contributed by atoms with Crippen molar-refractivity contribution in [2.45, 2.75) is 19.8 Å². The number of nitrogens with one attached hydrogen (secondary N) is 2. The SMILES string of the molecule is Cc1nc(NCCNC(=O)c2cccn(C)c2=O)cc(N2CCCC2)n1. The molecule has 3 heterocycles. The van der Waals surface area contributed by atoms with Gasteiger partial charge in [0.2, 0.25) is 0 Å². The molecule has 2 aromatic heterocycles. The summed E-state index contributed by atoms with van der Waals surface area (Å²) in [5.41, 5.74) is -0.163. The maximum Gasteiger partial charge on any atom is 0.263 e. The molecular weight excluding hydrogens is 332 g/mol. The van der Waals surface area contributed by atoms with Crippen LogP contribution in [0.5, 0.6) is 0 Å². The van der Waals surface area contributed by atoms with Gasteiger partial charge in [-0.2, -0.15) is 0 Å². The summed E-state index contributed by atoms with van der Waals surface area (Å²) >= 11 is 0. The van der Waals surface area contributed by atoms with Crippen molar-refractivity contribution in [2.24, 2.45) is 7.05 Å². The zero-order valence-corrected chi connectivity index (χ0v) is 15.2. The van der Waals surface area contributed by atoms with E-state index in [1.807, 2.05) is 13.0 Å². The Hall–Kier alpha value is -2.90. The minimum atomic E-state index is -0.371. The number of pyridine rings is 1. The van der Waals surface area contributed by atoms with Gasteiger partial charge in [-0.1, -0.05) is 0 Å². The van der Waals surface area contributed by atoms with Crippen LogP contribution in [-0.4, -0.2) is 46.6 Å². The van der Waals surface area contributed by atoms with E-state index in [-0.39, 0.29) is 17.0 Å². The third-order valence-electron chi connectivity index (χ3n) is 4.34. The van der Waals surface area contributed by atoms with Crippen LogP contribution in [0, 0.1) is 6.92 Å². The minimum Gasteiger partial charge on any atom is -0.368 e. The standard InChI is InChI=1S/C18H24N6O2/c1-13-21-15(12-16(22-13)24-10-3-4-11-24)19-7-8-20-17(25)14-6-5-9-23(2)18(14)26/h5-6,9,12H,3-4,7-8,10-11H2,1-2H3,(H,20,25)(H,19,21,22). The average Bonchev–Trinajstić information content (AvgIpc) is 3.15. The number of aryl methyl sites for hydroxylation is 2. The van der Waals surface area contributed by atoms with Crippen LogP contribution in [0.25, 0.3) is 0 Å². The van der Waals surface area contributed by atoms with Crippen molar-refractivity contribution in [3.63, 3.8) is 0 Å². The predicted molar refractivity (Wildman–Crippen MR) is 101 cm³/mol. The van der Waals surface area contributed by atoms with E-state index in [1.165, 1.54) is 23.5 Å². The van der Waals surface area contributed by atoms with Crippen LogP contribution in [0.15, 0.2) is 29.2 Å². The number of nitrogens with zero attached hydrogens (tertiary/aromatic N) is 4. The summed E-state index contributed by atoms with van der Waals surface area (Å²) in [6, 6.07) is 5.15. The van der Waals surface area contributed by atoms with E-state index in [1.54, 1.807) is 19.3 Å². The van der Waals surface area contributed by atoms with Crippen molar-refractivity contribution in [1.29, 1.82) is 0 Å². The normalized spacial score (nSPS) is 13.7. The van der Waals surface area contributed by atoms with Crippen LogP contribution >= 0.6 is 0 Å². The fraction of sp³-hybridized carbons (Fsp3) is 0.444. The summed E-state index contributed by atoms with van der Waals surface area (Å²) in [4.78, 5) is 35.2. The molecule has 0 atom stereocenters. The molecule has 8 heteroatoms. The highest BCUT2D eigenvalue weighted by molar-refractivity contribution is 5.93. The van der Waals surface area contributed by atoms with Crippen LogP contribution in [0.4, 0.5) is 11.6 Å². The van der Waals surface area contributed by atoms with E-state index in [2.05, 4.69) is 25.5 Å². The molecule has 1 amide bonds. The van der Waals surface area contributed by atoms with Crippen molar-refractivity contribution in [3.8, 4) is 0 Å².